The van der Waals surface area contributed by atoms with Crippen LogP contribution in [0.1, 0.15) is 18.1 Å². The number of anilines is 1. The number of rotatable bonds is 7. The van der Waals surface area contributed by atoms with Crippen LogP contribution in [0.2, 0.25) is 0 Å². The number of nitrogens with two attached hydrogens (primary N) is 1. The molecular weight excluding hydrogens is 411 g/mol. The molecule has 0 saturated carbocycles. The summed E-state index contributed by atoms with van der Waals surface area (Å²) in [4.78, 5) is 8.72. The summed E-state index contributed by atoms with van der Waals surface area (Å²) in [7, 11) is 0. The Hall–Kier alpha value is -3.69. The monoisotopic (exact) mass is 434 g/mol. The fourth-order valence-electron chi connectivity index (χ4n) is 3.05. The standard InChI is InChI=1S/C23H23FN6O2/c1-13-3-6-16(7-4-13)19-11-27-21(25)20(28-19)23-30-29-22(32-23)17-8-5-15(9-18(17)24)10-26-14(2)12-31/h3-9,11,14,26,31H,10,12H2,1-2H3,(H2,25,27)/t14-/m1/s1. The van der Waals surface area contributed by atoms with Gasteiger partial charge >= 0.3 is 0 Å². The van der Waals surface area contributed by atoms with Gasteiger partial charge in [-0.2, -0.15) is 0 Å². The smallest absolute Gasteiger partial charge is 0.270 e. The van der Waals surface area contributed by atoms with Crippen molar-refractivity contribution >= 4 is 5.82 Å². The second kappa shape index (κ2) is 9.21. The normalized spacial score (nSPS) is 12.1. The molecule has 2 heterocycles. The molecule has 2 aromatic heterocycles. The fourth-order valence-corrected chi connectivity index (χ4v) is 3.05. The summed E-state index contributed by atoms with van der Waals surface area (Å²) in [6, 6.07) is 12.5. The third-order valence-corrected chi connectivity index (χ3v) is 4.97. The Morgan fingerprint density at radius 3 is 2.59 bits per heavy atom. The summed E-state index contributed by atoms with van der Waals surface area (Å²) >= 11 is 0. The third-order valence-electron chi connectivity index (χ3n) is 4.97. The summed E-state index contributed by atoms with van der Waals surface area (Å²) in [5.41, 5.74) is 9.73. The average molecular weight is 434 g/mol. The molecule has 0 amide bonds. The molecule has 4 aromatic rings. The number of nitrogens with zero attached hydrogens (tertiary/aromatic N) is 4. The van der Waals surface area contributed by atoms with Gasteiger partial charge in [-0.05, 0) is 31.5 Å². The molecule has 4 N–H and O–H groups in total. The highest BCUT2D eigenvalue weighted by Gasteiger charge is 2.19. The van der Waals surface area contributed by atoms with Crippen LogP contribution in [-0.2, 0) is 6.54 Å². The fraction of sp³-hybridized carbons (Fsp3) is 0.217. The van der Waals surface area contributed by atoms with Crippen molar-refractivity contribution in [3.63, 3.8) is 0 Å². The van der Waals surface area contributed by atoms with Crippen LogP contribution in [-0.4, -0.2) is 37.9 Å². The highest BCUT2D eigenvalue weighted by atomic mass is 19.1. The summed E-state index contributed by atoms with van der Waals surface area (Å²) in [5, 5.41) is 20.1. The molecule has 0 radical (unpaired) electrons. The summed E-state index contributed by atoms with van der Waals surface area (Å²) < 4.78 is 20.4. The lowest BCUT2D eigenvalue weighted by atomic mass is 10.1. The van der Waals surface area contributed by atoms with E-state index in [1.54, 1.807) is 18.3 Å². The molecule has 4 rings (SSSR count). The van der Waals surface area contributed by atoms with E-state index in [4.69, 9.17) is 15.3 Å². The summed E-state index contributed by atoms with van der Waals surface area (Å²) in [5.74, 6) is -0.289. The molecule has 164 valence electrons. The van der Waals surface area contributed by atoms with Gasteiger partial charge in [0, 0.05) is 18.2 Å². The number of aliphatic hydroxyl groups is 1. The first-order chi connectivity index (χ1) is 15.4. The Bertz CT molecular complexity index is 1230. The molecular formula is C23H23FN6O2. The number of benzene rings is 2. The maximum atomic E-state index is 14.7. The van der Waals surface area contributed by atoms with Gasteiger partial charge < -0.3 is 20.6 Å². The van der Waals surface area contributed by atoms with Crippen molar-refractivity contribution in [2.75, 3.05) is 12.3 Å². The zero-order valence-electron chi connectivity index (χ0n) is 17.7. The van der Waals surface area contributed by atoms with Crippen molar-refractivity contribution in [1.82, 2.24) is 25.5 Å². The molecule has 1 atom stereocenters. The van der Waals surface area contributed by atoms with Crippen molar-refractivity contribution in [3.05, 3.63) is 65.6 Å². The molecule has 0 aliphatic rings. The van der Waals surface area contributed by atoms with E-state index in [-0.39, 0.29) is 41.5 Å². The lowest BCUT2D eigenvalue weighted by Crippen LogP contribution is -2.28. The second-order valence-corrected chi connectivity index (χ2v) is 7.55. The summed E-state index contributed by atoms with van der Waals surface area (Å²) in [6.07, 6.45) is 1.57. The van der Waals surface area contributed by atoms with Crippen molar-refractivity contribution < 1.29 is 13.9 Å². The molecule has 0 unspecified atom stereocenters. The van der Waals surface area contributed by atoms with Crippen LogP contribution in [0.15, 0.2) is 53.1 Å². The topological polar surface area (TPSA) is 123 Å². The number of nitrogens with one attached hydrogen (secondary N) is 1. The van der Waals surface area contributed by atoms with E-state index in [0.717, 1.165) is 16.7 Å². The van der Waals surface area contributed by atoms with E-state index in [0.29, 0.717) is 12.2 Å². The molecule has 0 fully saturated rings. The van der Waals surface area contributed by atoms with E-state index in [1.807, 2.05) is 38.1 Å². The molecule has 2 aromatic carbocycles. The molecule has 8 nitrogen and oxygen atoms in total. The zero-order chi connectivity index (χ0) is 22.7. The maximum absolute atomic E-state index is 14.7. The van der Waals surface area contributed by atoms with Crippen LogP contribution in [0.25, 0.3) is 34.3 Å². The highest BCUT2D eigenvalue weighted by Crippen LogP contribution is 2.29. The van der Waals surface area contributed by atoms with E-state index in [2.05, 4.69) is 25.5 Å². The average Bonchev–Trinajstić information content (AvgIpc) is 3.28. The van der Waals surface area contributed by atoms with E-state index >= 15 is 0 Å². The number of nitrogen functional groups attached to an aromatic ring is 1. The number of hydrogen-bond donors (Lipinski definition) is 3. The van der Waals surface area contributed by atoms with Crippen LogP contribution in [0.5, 0.6) is 0 Å². The first-order valence-corrected chi connectivity index (χ1v) is 10.1. The molecule has 0 aliphatic carbocycles. The van der Waals surface area contributed by atoms with Gasteiger partial charge in [-0.15, -0.1) is 10.2 Å². The Labute approximate surface area is 184 Å². The second-order valence-electron chi connectivity index (χ2n) is 7.55. The summed E-state index contributed by atoms with van der Waals surface area (Å²) in [6.45, 7) is 4.27. The van der Waals surface area contributed by atoms with Crippen molar-refractivity contribution in [1.29, 1.82) is 0 Å². The Balaban J connectivity index is 1.60. The molecule has 0 saturated heterocycles. The van der Waals surface area contributed by atoms with Gasteiger partial charge in [-0.25, -0.2) is 14.4 Å². The van der Waals surface area contributed by atoms with Crippen LogP contribution < -0.4 is 11.1 Å². The Morgan fingerprint density at radius 2 is 1.88 bits per heavy atom. The molecule has 0 spiro atoms. The van der Waals surface area contributed by atoms with Crippen LogP contribution >= 0.6 is 0 Å². The van der Waals surface area contributed by atoms with Crippen molar-refractivity contribution in [2.45, 2.75) is 26.4 Å². The SMILES string of the molecule is Cc1ccc(-c2cnc(N)c(-c3nnc(-c4ccc(CN[C@H](C)CO)cc4F)o3)n2)cc1. The Morgan fingerprint density at radius 1 is 1.12 bits per heavy atom. The van der Waals surface area contributed by atoms with Gasteiger partial charge in [0.1, 0.15) is 5.82 Å². The molecule has 9 heteroatoms. The predicted molar refractivity (Wildman–Crippen MR) is 119 cm³/mol. The first kappa shape index (κ1) is 21.5. The van der Waals surface area contributed by atoms with Crippen molar-refractivity contribution in [2.24, 2.45) is 0 Å². The number of halogens is 1. The minimum atomic E-state index is -0.497. The van der Waals surface area contributed by atoms with Gasteiger partial charge in [-0.3, -0.25) is 0 Å². The minimum Gasteiger partial charge on any atom is -0.414 e. The zero-order valence-corrected chi connectivity index (χ0v) is 17.7. The van der Waals surface area contributed by atoms with Crippen LogP contribution in [0.4, 0.5) is 10.2 Å². The van der Waals surface area contributed by atoms with Crippen molar-refractivity contribution in [3.8, 4) is 34.3 Å². The number of aryl methyl sites for hydroxylation is 1. The van der Waals surface area contributed by atoms with Gasteiger partial charge in [0.25, 0.3) is 11.8 Å². The minimum absolute atomic E-state index is 0.00245. The van der Waals surface area contributed by atoms with Gasteiger partial charge in [0.05, 0.1) is 24.1 Å². The van der Waals surface area contributed by atoms with Gasteiger partial charge in [0.2, 0.25) is 0 Å². The lowest BCUT2D eigenvalue weighted by Gasteiger charge is -2.10. The van der Waals surface area contributed by atoms with Gasteiger partial charge in [0.15, 0.2) is 11.5 Å². The van der Waals surface area contributed by atoms with Gasteiger partial charge in [-0.1, -0.05) is 35.9 Å². The Kier molecular flexibility index (Phi) is 6.20. The quantitative estimate of drug-likeness (QED) is 0.405. The molecule has 0 bridgehead atoms. The van der Waals surface area contributed by atoms with E-state index in [9.17, 15) is 4.39 Å². The molecule has 0 aliphatic heterocycles. The van der Waals surface area contributed by atoms with E-state index in [1.165, 1.54) is 6.07 Å². The highest BCUT2D eigenvalue weighted by molar-refractivity contribution is 5.69. The van der Waals surface area contributed by atoms with Crippen LogP contribution in [0, 0.1) is 12.7 Å². The number of hydrogen-bond acceptors (Lipinski definition) is 8. The third kappa shape index (κ3) is 4.63. The number of aromatic nitrogens is 4. The largest absolute Gasteiger partial charge is 0.414 e. The molecule has 32 heavy (non-hydrogen) atoms. The predicted octanol–water partition coefficient (Wildman–Crippen LogP) is 3.36. The van der Waals surface area contributed by atoms with E-state index < -0.39 is 5.82 Å². The number of aliphatic hydroxyl groups excluding tert-OH is 1. The maximum Gasteiger partial charge on any atom is 0.270 e. The first-order valence-electron chi connectivity index (χ1n) is 10.1. The lowest BCUT2D eigenvalue weighted by molar-refractivity contribution is 0.251. The van der Waals surface area contributed by atoms with Crippen LogP contribution in [0.3, 0.4) is 0 Å².